The van der Waals surface area contributed by atoms with Crippen LogP contribution in [0.2, 0.25) is 0 Å². The molecular weight excluding hydrogens is 208 g/mol. The molecule has 4 nitrogen and oxygen atoms in total. The van der Waals surface area contributed by atoms with Gasteiger partial charge in [-0.15, -0.1) is 0 Å². The lowest BCUT2D eigenvalue weighted by Crippen LogP contribution is -1.98. The second-order valence-corrected chi connectivity index (χ2v) is 3.61. The van der Waals surface area contributed by atoms with Gasteiger partial charge in [-0.05, 0) is 33.6 Å². The maximum atomic E-state index is 9.12. The quantitative estimate of drug-likeness (QED) is 0.629. The van der Waals surface area contributed by atoms with Crippen LogP contribution >= 0.6 is 0 Å². The van der Waals surface area contributed by atoms with Crippen LogP contribution < -0.4 is 0 Å². The summed E-state index contributed by atoms with van der Waals surface area (Å²) in [4.78, 5) is 9.12. The van der Waals surface area contributed by atoms with E-state index in [1.807, 2.05) is 6.08 Å². The van der Waals surface area contributed by atoms with Gasteiger partial charge in [0.15, 0.2) is 0 Å². The Balaban J connectivity index is 0. The lowest BCUT2D eigenvalue weighted by molar-refractivity contribution is -0.140. The largest absolute Gasteiger partial charge is 0.480 e. The van der Waals surface area contributed by atoms with Crippen LogP contribution in [0, 0.1) is 0 Å². The summed E-state index contributed by atoms with van der Waals surface area (Å²) >= 11 is 0. The number of aliphatic carboxylic acids is 1. The van der Waals surface area contributed by atoms with Crippen LogP contribution in [0.1, 0.15) is 33.6 Å². The van der Waals surface area contributed by atoms with Gasteiger partial charge in [-0.2, -0.15) is 0 Å². The summed E-state index contributed by atoms with van der Waals surface area (Å²) in [5, 5.41) is 23.6. The first kappa shape index (κ1) is 17.3. The van der Waals surface area contributed by atoms with Crippen molar-refractivity contribution in [2.75, 3.05) is 13.2 Å². The summed E-state index contributed by atoms with van der Waals surface area (Å²) in [6.07, 6.45) is 6.23. The van der Waals surface area contributed by atoms with Gasteiger partial charge in [0.1, 0.15) is 6.61 Å². The van der Waals surface area contributed by atoms with Crippen molar-refractivity contribution in [3.05, 3.63) is 23.3 Å². The van der Waals surface area contributed by atoms with E-state index in [-0.39, 0.29) is 6.61 Å². The molecule has 0 aliphatic rings. The molecule has 3 N–H and O–H groups in total. The summed E-state index contributed by atoms with van der Waals surface area (Å²) in [7, 11) is 0. The van der Waals surface area contributed by atoms with Crippen molar-refractivity contribution in [2.45, 2.75) is 33.6 Å². The number of aliphatic hydroxyl groups is 2. The van der Waals surface area contributed by atoms with Crippen LogP contribution in [0.5, 0.6) is 0 Å². The molecule has 94 valence electrons. The van der Waals surface area contributed by atoms with Crippen molar-refractivity contribution in [3.63, 3.8) is 0 Å². The Morgan fingerprint density at radius 1 is 1.12 bits per heavy atom. The van der Waals surface area contributed by atoms with E-state index < -0.39 is 12.6 Å². The molecule has 0 spiro atoms. The smallest absolute Gasteiger partial charge is 0.329 e. The first-order valence-corrected chi connectivity index (χ1v) is 5.16. The minimum Gasteiger partial charge on any atom is -0.480 e. The van der Waals surface area contributed by atoms with E-state index in [2.05, 4.69) is 26.8 Å². The van der Waals surface area contributed by atoms with Crippen LogP contribution in [0.4, 0.5) is 0 Å². The van der Waals surface area contributed by atoms with Gasteiger partial charge < -0.3 is 15.3 Å². The topological polar surface area (TPSA) is 77.8 Å². The Labute approximate surface area is 96.9 Å². The summed E-state index contributed by atoms with van der Waals surface area (Å²) in [5.74, 6) is -1.19. The molecule has 0 fully saturated rings. The molecular formula is C12H22O4. The van der Waals surface area contributed by atoms with E-state index in [4.69, 9.17) is 20.1 Å². The molecule has 0 aliphatic carbocycles. The third-order valence-corrected chi connectivity index (χ3v) is 1.67. The van der Waals surface area contributed by atoms with Crippen LogP contribution in [0.3, 0.4) is 0 Å². The zero-order valence-corrected chi connectivity index (χ0v) is 10.2. The van der Waals surface area contributed by atoms with Crippen LogP contribution in [-0.2, 0) is 4.79 Å². The van der Waals surface area contributed by atoms with Crippen molar-refractivity contribution < 1.29 is 20.1 Å². The molecule has 0 aromatic rings. The highest BCUT2D eigenvalue weighted by Crippen LogP contribution is 2.05. The second-order valence-electron chi connectivity index (χ2n) is 3.61. The summed E-state index contributed by atoms with van der Waals surface area (Å²) in [6, 6.07) is 0. The van der Waals surface area contributed by atoms with Gasteiger partial charge in [-0.3, -0.25) is 0 Å². The number of carbonyl (C=O) groups is 1. The van der Waals surface area contributed by atoms with Gasteiger partial charge in [0.25, 0.3) is 0 Å². The molecule has 0 bridgehead atoms. The predicted octanol–water partition coefficient (Wildman–Crippen LogP) is 1.73. The van der Waals surface area contributed by atoms with Gasteiger partial charge in [0.2, 0.25) is 0 Å². The molecule has 0 saturated carbocycles. The third-order valence-electron chi connectivity index (χ3n) is 1.67. The Hall–Kier alpha value is -1.13. The minimum absolute atomic E-state index is 0.167. The average Bonchev–Trinajstić information content (AvgIpc) is 2.18. The van der Waals surface area contributed by atoms with Crippen LogP contribution in [-0.4, -0.2) is 34.5 Å². The Morgan fingerprint density at radius 2 is 1.62 bits per heavy atom. The van der Waals surface area contributed by atoms with E-state index in [1.165, 1.54) is 11.1 Å². The van der Waals surface area contributed by atoms with Gasteiger partial charge in [0, 0.05) is 0 Å². The monoisotopic (exact) mass is 230 g/mol. The maximum Gasteiger partial charge on any atom is 0.329 e. The Morgan fingerprint density at radius 3 is 1.94 bits per heavy atom. The van der Waals surface area contributed by atoms with Crippen molar-refractivity contribution in [1.29, 1.82) is 0 Å². The van der Waals surface area contributed by atoms with E-state index in [0.717, 1.165) is 12.8 Å². The fourth-order valence-corrected chi connectivity index (χ4v) is 0.846. The number of aliphatic hydroxyl groups excluding tert-OH is 2. The SMILES string of the molecule is CC(C)=CCCC(C)=CCO.O=C(O)CO. The average molecular weight is 230 g/mol. The first-order chi connectivity index (χ1) is 7.43. The van der Waals surface area contributed by atoms with E-state index in [9.17, 15) is 0 Å². The highest BCUT2D eigenvalue weighted by molar-refractivity contribution is 5.67. The van der Waals surface area contributed by atoms with Crippen LogP contribution in [0.15, 0.2) is 23.3 Å². The molecule has 0 heterocycles. The molecule has 0 saturated heterocycles. The van der Waals surface area contributed by atoms with E-state index >= 15 is 0 Å². The standard InChI is InChI=1S/C10H18O.C2H4O3/c1-9(2)5-4-6-10(3)7-8-11;3-1-2(4)5/h5,7,11H,4,6,8H2,1-3H3;3H,1H2,(H,4,5). The molecule has 0 aromatic heterocycles. The Bertz CT molecular complexity index is 237. The number of hydrogen-bond acceptors (Lipinski definition) is 3. The molecule has 0 aliphatic heterocycles. The predicted molar refractivity (Wildman–Crippen MR) is 64.2 cm³/mol. The molecule has 0 aromatic carbocycles. The molecule has 0 rings (SSSR count). The number of carboxylic acids is 1. The summed E-state index contributed by atoms with van der Waals surface area (Å²) in [6.45, 7) is 5.64. The number of hydrogen-bond donors (Lipinski definition) is 3. The normalized spacial score (nSPS) is 10.2. The van der Waals surface area contributed by atoms with Crippen LogP contribution in [0.25, 0.3) is 0 Å². The zero-order valence-electron chi connectivity index (χ0n) is 10.2. The molecule has 16 heavy (non-hydrogen) atoms. The fraction of sp³-hybridized carbons (Fsp3) is 0.583. The maximum absolute atomic E-state index is 9.12. The lowest BCUT2D eigenvalue weighted by atomic mass is 10.1. The van der Waals surface area contributed by atoms with E-state index in [1.54, 1.807) is 0 Å². The summed E-state index contributed by atoms with van der Waals surface area (Å²) in [5.41, 5.74) is 2.63. The highest BCUT2D eigenvalue weighted by atomic mass is 16.4. The minimum atomic E-state index is -1.19. The second kappa shape index (κ2) is 11.9. The van der Waals surface area contributed by atoms with Crippen molar-refractivity contribution >= 4 is 5.97 Å². The van der Waals surface area contributed by atoms with Gasteiger partial charge in [-0.1, -0.05) is 23.3 Å². The number of carboxylic acid groups (broad SMARTS) is 1. The number of allylic oxidation sites excluding steroid dienone is 3. The lowest BCUT2D eigenvalue weighted by Gasteiger charge is -1.96. The zero-order chi connectivity index (χ0) is 13.0. The first-order valence-electron chi connectivity index (χ1n) is 5.16. The van der Waals surface area contributed by atoms with Gasteiger partial charge in [0.05, 0.1) is 6.61 Å². The molecule has 0 atom stereocenters. The molecule has 0 amide bonds. The fourth-order valence-electron chi connectivity index (χ4n) is 0.846. The summed E-state index contributed by atoms with van der Waals surface area (Å²) < 4.78 is 0. The van der Waals surface area contributed by atoms with Crippen molar-refractivity contribution in [3.8, 4) is 0 Å². The third kappa shape index (κ3) is 18.6. The van der Waals surface area contributed by atoms with Crippen molar-refractivity contribution in [2.24, 2.45) is 0 Å². The molecule has 0 unspecified atom stereocenters. The molecule has 4 heteroatoms. The number of rotatable bonds is 5. The highest BCUT2D eigenvalue weighted by Gasteiger charge is 1.86. The van der Waals surface area contributed by atoms with Crippen molar-refractivity contribution in [1.82, 2.24) is 0 Å². The van der Waals surface area contributed by atoms with E-state index in [0.29, 0.717) is 0 Å². The van der Waals surface area contributed by atoms with Gasteiger partial charge in [-0.25, -0.2) is 4.79 Å². The Kier molecular flexibility index (Phi) is 12.9. The molecule has 0 radical (unpaired) electrons. The van der Waals surface area contributed by atoms with Gasteiger partial charge >= 0.3 is 5.97 Å².